The summed E-state index contributed by atoms with van der Waals surface area (Å²) in [6.07, 6.45) is 3.63. The molecule has 1 aliphatic heterocycles. The first-order chi connectivity index (χ1) is 9.72. The molecule has 1 N–H and O–H groups in total. The van der Waals surface area contributed by atoms with Gasteiger partial charge in [0, 0.05) is 38.0 Å². The zero-order chi connectivity index (χ0) is 14.4. The van der Waals surface area contributed by atoms with Crippen LogP contribution in [0.25, 0.3) is 0 Å². The summed E-state index contributed by atoms with van der Waals surface area (Å²) in [5.41, 5.74) is 2.59. The number of anilines is 1. The molecule has 0 radical (unpaired) electrons. The first kappa shape index (κ1) is 15.3. The van der Waals surface area contributed by atoms with E-state index in [4.69, 9.17) is 4.74 Å². The van der Waals surface area contributed by atoms with Gasteiger partial charge >= 0.3 is 0 Å². The van der Waals surface area contributed by atoms with Gasteiger partial charge in [0.15, 0.2) is 0 Å². The monoisotopic (exact) mass is 276 g/mol. The summed E-state index contributed by atoms with van der Waals surface area (Å²) in [5, 5.41) is 3.73. The van der Waals surface area contributed by atoms with Gasteiger partial charge in [-0.25, -0.2) is 0 Å². The van der Waals surface area contributed by atoms with Crippen LogP contribution in [0.1, 0.15) is 38.7 Å². The highest BCUT2D eigenvalue weighted by Gasteiger charge is 2.17. The van der Waals surface area contributed by atoms with Crippen LogP contribution >= 0.6 is 0 Å². The minimum Gasteiger partial charge on any atom is -0.380 e. The van der Waals surface area contributed by atoms with Gasteiger partial charge in [-0.1, -0.05) is 19.1 Å². The van der Waals surface area contributed by atoms with Crippen molar-refractivity contribution in [2.45, 2.75) is 51.8 Å². The molecule has 2 atom stereocenters. The van der Waals surface area contributed by atoms with E-state index in [1.807, 2.05) is 0 Å². The van der Waals surface area contributed by atoms with Crippen molar-refractivity contribution >= 4 is 5.69 Å². The second-order valence-electron chi connectivity index (χ2n) is 5.84. The average molecular weight is 276 g/mol. The Labute approximate surface area is 123 Å². The van der Waals surface area contributed by atoms with Gasteiger partial charge in [-0.15, -0.1) is 0 Å². The van der Waals surface area contributed by atoms with Crippen LogP contribution in [0.2, 0.25) is 0 Å². The van der Waals surface area contributed by atoms with Gasteiger partial charge in [0.1, 0.15) is 0 Å². The van der Waals surface area contributed by atoms with E-state index in [9.17, 15) is 0 Å². The first-order valence-electron chi connectivity index (χ1n) is 7.81. The minimum atomic E-state index is 0.602. The Bertz CT molecular complexity index is 408. The molecule has 3 heteroatoms. The molecular formula is C17H28N2O. The molecule has 0 aromatic heterocycles. The molecule has 1 saturated heterocycles. The highest BCUT2D eigenvalue weighted by molar-refractivity contribution is 5.48. The number of hydrogen-bond donors (Lipinski definition) is 1. The number of benzene rings is 1. The third-order valence-electron chi connectivity index (χ3n) is 4.18. The third-order valence-corrected chi connectivity index (χ3v) is 4.18. The molecule has 1 aromatic carbocycles. The lowest BCUT2D eigenvalue weighted by Crippen LogP contribution is -2.44. The van der Waals surface area contributed by atoms with Crippen LogP contribution in [-0.4, -0.2) is 32.3 Å². The maximum atomic E-state index is 5.24. The van der Waals surface area contributed by atoms with Gasteiger partial charge in [0.05, 0.1) is 6.61 Å². The van der Waals surface area contributed by atoms with E-state index in [0.717, 1.165) is 13.1 Å². The maximum absolute atomic E-state index is 5.24. The summed E-state index contributed by atoms with van der Waals surface area (Å²) in [6.45, 7) is 7.52. The average Bonchev–Trinajstić information content (AvgIpc) is 2.44. The number of nitrogens with one attached hydrogen (secondary N) is 1. The van der Waals surface area contributed by atoms with Gasteiger partial charge in [0.25, 0.3) is 0 Å². The molecule has 1 heterocycles. The van der Waals surface area contributed by atoms with Crippen molar-refractivity contribution in [1.82, 2.24) is 5.32 Å². The van der Waals surface area contributed by atoms with E-state index in [-0.39, 0.29) is 0 Å². The molecule has 2 rings (SSSR count). The van der Waals surface area contributed by atoms with Crippen LogP contribution in [0, 0.1) is 0 Å². The summed E-state index contributed by atoms with van der Waals surface area (Å²) >= 11 is 0. The summed E-state index contributed by atoms with van der Waals surface area (Å²) < 4.78 is 5.24. The predicted octanol–water partition coefficient (Wildman–Crippen LogP) is 3.19. The highest BCUT2D eigenvalue weighted by atomic mass is 16.5. The largest absolute Gasteiger partial charge is 0.380 e. The normalized spacial score (nSPS) is 24.2. The second-order valence-corrected chi connectivity index (χ2v) is 5.84. The molecule has 1 aromatic rings. The van der Waals surface area contributed by atoms with Crippen LogP contribution in [0.15, 0.2) is 24.3 Å². The number of ether oxygens (including phenoxy) is 1. The van der Waals surface area contributed by atoms with Crippen LogP contribution < -0.4 is 10.2 Å². The Morgan fingerprint density at radius 2 is 2.10 bits per heavy atom. The molecule has 0 saturated carbocycles. The standard InChI is InChI=1S/C17H28N2O/c1-4-16-9-11-19(10-8-14(2)18-16)17-7-5-6-15(12-17)13-20-3/h5-7,12,14,16,18H,4,8-11,13H2,1-3H3. The lowest BCUT2D eigenvalue weighted by molar-refractivity contribution is 0.185. The fourth-order valence-corrected chi connectivity index (χ4v) is 2.93. The topological polar surface area (TPSA) is 24.5 Å². The van der Waals surface area contributed by atoms with Crippen molar-refractivity contribution in [1.29, 1.82) is 0 Å². The molecule has 20 heavy (non-hydrogen) atoms. The van der Waals surface area contributed by atoms with Crippen LogP contribution in [0.4, 0.5) is 5.69 Å². The van der Waals surface area contributed by atoms with E-state index in [0.29, 0.717) is 18.7 Å². The SMILES string of the molecule is CCC1CCN(c2cccc(COC)c2)CCC(C)N1. The van der Waals surface area contributed by atoms with Gasteiger partial charge in [-0.05, 0) is 43.9 Å². The highest BCUT2D eigenvalue weighted by Crippen LogP contribution is 2.20. The van der Waals surface area contributed by atoms with Crippen molar-refractivity contribution in [3.05, 3.63) is 29.8 Å². The van der Waals surface area contributed by atoms with Crippen molar-refractivity contribution < 1.29 is 4.74 Å². The van der Waals surface area contributed by atoms with Crippen LogP contribution in [0.5, 0.6) is 0 Å². The number of rotatable bonds is 4. The van der Waals surface area contributed by atoms with Gasteiger partial charge in [-0.2, -0.15) is 0 Å². The molecule has 112 valence electrons. The van der Waals surface area contributed by atoms with Gasteiger partial charge in [-0.3, -0.25) is 0 Å². The molecular weight excluding hydrogens is 248 g/mol. The molecule has 1 fully saturated rings. The predicted molar refractivity (Wildman–Crippen MR) is 85.3 cm³/mol. The molecule has 0 bridgehead atoms. The van der Waals surface area contributed by atoms with E-state index in [1.54, 1.807) is 7.11 Å². The molecule has 0 amide bonds. The van der Waals surface area contributed by atoms with E-state index >= 15 is 0 Å². The molecule has 0 aliphatic carbocycles. The Hall–Kier alpha value is -1.06. The summed E-state index contributed by atoms with van der Waals surface area (Å²) in [5.74, 6) is 0. The Morgan fingerprint density at radius 1 is 1.30 bits per heavy atom. The summed E-state index contributed by atoms with van der Waals surface area (Å²) in [7, 11) is 1.75. The molecule has 2 unspecified atom stereocenters. The van der Waals surface area contributed by atoms with Crippen molar-refractivity contribution in [3.63, 3.8) is 0 Å². The second kappa shape index (κ2) is 7.65. The quantitative estimate of drug-likeness (QED) is 0.914. The smallest absolute Gasteiger partial charge is 0.0713 e. The molecule has 1 aliphatic rings. The van der Waals surface area contributed by atoms with E-state index in [1.165, 1.54) is 30.5 Å². The lowest BCUT2D eigenvalue weighted by Gasteiger charge is -2.33. The number of nitrogens with zero attached hydrogens (tertiary/aromatic N) is 1. The number of hydrogen-bond acceptors (Lipinski definition) is 3. The summed E-state index contributed by atoms with van der Waals surface area (Å²) in [6, 6.07) is 10.0. The van der Waals surface area contributed by atoms with E-state index in [2.05, 4.69) is 48.3 Å². The van der Waals surface area contributed by atoms with Crippen molar-refractivity contribution in [2.24, 2.45) is 0 Å². The third kappa shape index (κ3) is 4.22. The molecule has 0 spiro atoms. The fraction of sp³-hybridized carbons (Fsp3) is 0.647. The summed E-state index contributed by atoms with van der Waals surface area (Å²) in [4.78, 5) is 2.53. The first-order valence-corrected chi connectivity index (χ1v) is 7.81. The van der Waals surface area contributed by atoms with Crippen molar-refractivity contribution in [3.8, 4) is 0 Å². The van der Waals surface area contributed by atoms with Gasteiger partial charge < -0.3 is 15.0 Å². The maximum Gasteiger partial charge on any atom is 0.0713 e. The Kier molecular flexibility index (Phi) is 5.86. The lowest BCUT2D eigenvalue weighted by atomic mass is 10.0. The van der Waals surface area contributed by atoms with Crippen LogP contribution in [-0.2, 0) is 11.3 Å². The minimum absolute atomic E-state index is 0.602. The molecule has 3 nitrogen and oxygen atoms in total. The Balaban J connectivity index is 2.07. The zero-order valence-corrected chi connectivity index (χ0v) is 13.1. The van der Waals surface area contributed by atoms with E-state index < -0.39 is 0 Å². The van der Waals surface area contributed by atoms with Gasteiger partial charge in [0.2, 0.25) is 0 Å². The number of methoxy groups -OCH3 is 1. The van der Waals surface area contributed by atoms with Crippen molar-refractivity contribution in [2.75, 3.05) is 25.1 Å². The fourth-order valence-electron chi connectivity index (χ4n) is 2.93. The van der Waals surface area contributed by atoms with Crippen LogP contribution in [0.3, 0.4) is 0 Å². The zero-order valence-electron chi connectivity index (χ0n) is 13.1. The Morgan fingerprint density at radius 3 is 2.85 bits per heavy atom.